The van der Waals surface area contributed by atoms with Crippen molar-refractivity contribution in [1.29, 1.82) is 0 Å². The normalized spacial score (nSPS) is 17.9. The molecule has 6 heteroatoms. The van der Waals surface area contributed by atoms with Gasteiger partial charge in [-0.1, -0.05) is 30.1 Å². The van der Waals surface area contributed by atoms with Crippen LogP contribution in [0.4, 0.5) is 4.39 Å². The number of likely N-dealkylation sites (tertiary alicyclic amines) is 1. The van der Waals surface area contributed by atoms with Crippen LogP contribution < -0.4 is 0 Å². The molecule has 0 saturated carbocycles. The highest BCUT2D eigenvalue weighted by Gasteiger charge is 2.34. The molecule has 1 fully saturated rings. The minimum atomic E-state index is -0.653. The number of aliphatic hydroxyl groups excluding tert-OH is 1. The average Bonchev–Trinajstić information content (AvgIpc) is 2.50. The molecule has 1 aromatic rings. The van der Waals surface area contributed by atoms with Gasteiger partial charge in [-0.15, -0.1) is 0 Å². The molecule has 1 aliphatic heterocycles. The van der Waals surface area contributed by atoms with Crippen LogP contribution >= 0.6 is 23.2 Å². The maximum absolute atomic E-state index is 13.5. The third kappa shape index (κ3) is 3.33. The third-order valence-electron chi connectivity index (χ3n) is 4.44. The van der Waals surface area contributed by atoms with Crippen LogP contribution in [-0.2, 0) is 0 Å². The number of benzene rings is 1. The first kappa shape index (κ1) is 16.5. The molecule has 0 unspecified atom stereocenters. The molecule has 1 aromatic carbocycles. The van der Waals surface area contributed by atoms with Crippen molar-refractivity contribution in [3.05, 3.63) is 33.6 Å². The van der Waals surface area contributed by atoms with Gasteiger partial charge in [-0.3, -0.25) is 4.79 Å². The molecular formula is C15H18Cl2FNO2. The SMILES string of the molecule is CCC1(CO)CCN(C(=O)c2cc(F)c(Cl)cc2Cl)CC1. The quantitative estimate of drug-likeness (QED) is 0.855. The molecule has 1 aliphatic rings. The van der Waals surface area contributed by atoms with Gasteiger partial charge in [0.25, 0.3) is 5.91 Å². The minimum absolute atomic E-state index is 0.0968. The van der Waals surface area contributed by atoms with E-state index < -0.39 is 5.82 Å². The van der Waals surface area contributed by atoms with Gasteiger partial charge in [0.2, 0.25) is 0 Å². The van der Waals surface area contributed by atoms with Gasteiger partial charge in [0.05, 0.1) is 15.6 Å². The van der Waals surface area contributed by atoms with Crippen LogP contribution in [0.15, 0.2) is 12.1 Å². The Kier molecular flexibility index (Phi) is 5.12. The summed E-state index contributed by atoms with van der Waals surface area (Å²) < 4.78 is 13.5. The van der Waals surface area contributed by atoms with Gasteiger partial charge in [0.15, 0.2) is 0 Å². The van der Waals surface area contributed by atoms with Crippen LogP contribution in [0, 0.1) is 11.2 Å². The van der Waals surface area contributed by atoms with Crippen molar-refractivity contribution in [3.8, 4) is 0 Å². The first-order chi connectivity index (χ1) is 9.92. The van der Waals surface area contributed by atoms with E-state index in [-0.39, 0.29) is 33.5 Å². The molecule has 1 N–H and O–H groups in total. The number of rotatable bonds is 3. The molecule has 0 bridgehead atoms. The molecule has 0 aromatic heterocycles. The highest BCUT2D eigenvalue weighted by molar-refractivity contribution is 6.36. The average molecular weight is 334 g/mol. The molecule has 21 heavy (non-hydrogen) atoms. The predicted molar refractivity (Wildman–Crippen MR) is 81.4 cm³/mol. The van der Waals surface area contributed by atoms with Crippen molar-refractivity contribution in [2.75, 3.05) is 19.7 Å². The van der Waals surface area contributed by atoms with Gasteiger partial charge in [-0.2, -0.15) is 0 Å². The van der Waals surface area contributed by atoms with Crippen LogP contribution in [-0.4, -0.2) is 35.6 Å². The standard InChI is InChI=1S/C15H18Cl2FNO2/c1-2-15(9-20)3-5-19(6-4-15)14(21)10-7-13(18)12(17)8-11(10)16/h7-8,20H,2-6,9H2,1H3. The largest absolute Gasteiger partial charge is 0.396 e. The smallest absolute Gasteiger partial charge is 0.255 e. The lowest BCUT2D eigenvalue weighted by atomic mass is 9.77. The Morgan fingerprint density at radius 3 is 2.48 bits per heavy atom. The van der Waals surface area contributed by atoms with E-state index in [1.54, 1.807) is 4.90 Å². The van der Waals surface area contributed by atoms with E-state index in [0.29, 0.717) is 13.1 Å². The summed E-state index contributed by atoms with van der Waals surface area (Å²) in [5.74, 6) is -0.946. The van der Waals surface area contributed by atoms with Gasteiger partial charge in [0.1, 0.15) is 5.82 Å². The lowest BCUT2D eigenvalue weighted by molar-refractivity contribution is 0.0338. The summed E-state index contributed by atoms with van der Waals surface area (Å²) in [6, 6.07) is 2.33. The fourth-order valence-electron chi connectivity index (χ4n) is 2.66. The Morgan fingerprint density at radius 1 is 1.33 bits per heavy atom. The summed E-state index contributed by atoms with van der Waals surface area (Å²) in [6.07, 6.45) is 2.35. The summed E-state index contributed by atoms with van der Waals surface area (Å²) >= 11 is 11.6. The highest BCUT2D eigenvalue weighted by atomic mass is 35.5. The van der Waals surface area contributed by atoms with Crippen molar-refractivity contribution in [2.24, 2.45) is 5.41 Å². The lowest BCUT2D eigenvalue weighted by Gasteiger charge is -2.40. The number of carbonyl (C=O) groups is 1. The number of carbonyl (C=O) groups excluding carboxylic acids is 1. The van der Waals surface area contributed by atoms with Crippen LogP contribution in [0.1, 0.15) is 36.5 Å². The fourth-order valence-corrected chi connectivity index (χ4v) is 3.13. The maximum Gasteiger partial charge on any atom is 0.255 e. The minimum Gasteiger partial charge on any atom is -0.396 e. The number of hydrogen-bond donors (Lipinski definition) is 1. The van der Waals surface area contributed by atoms with E-state index in [1.165, 1.54) is 6.07 Å². The van der Waals surface area contributed by atoms with Crippen molar-refractivity contribution < 1.29 is 14.3 Å². The van der Waals surface area contributed by atoms with E-state index in [0.717, 1.165) is 25.3 Å². The molecule has 2 rings (SSSR count). The summed E-state index contributed by atoms with van der Waals surface area (Å²) in [6.45, 7) is 3.24. The zero-order valence-corrected chi connectivity index (χ0v) is 13.3. The fraction of sp³-hybridized carbons (Fsp3) is 0.533. The Hall–Kier alpha value is -0.840. The zero-order chi connectivity index (χ0) is 15.6. The molecule has 0 spiro atoms. The van der Waals surface area contributed by atoms with Crippen LogP contribution in [0.5, 0.6) is 0 Å². The number of aliphatic hydroxyl groups is 1. The number of nitrogens with zero attached hydrogens (tertiary/aromatic N) is 1. The van der Waals surface area contributed by atoms with E-state index in [2.05, 4.69) is 0 Å². The molecule has 1 amide bonds. The van der Waals surface area contributed by atoms with E-state index >= 15 is 0 Å². The van der Waals surface area contributed by atoms with Crippen molar-refractivity contribution in [2.45, 2.75) is 26.2 Å². The Labute approximate surface area is 133 Å². The summed E-state index contributed by atoms with van der Waals surface area (Å²) in [5.41, 5.74) is 0.0257. The molecule has 1 heterocycles. The summed E-state index contributed by atoms with van der Waals surface area (Å²) in [7, 11) is 0. The van der Waals surface area contributed by atoms with E-state index in [1.807, 2.05) is 6.92 Å². The second-order valence-electron chi connectivity index (χ2n) is 5.55. The maximum atomic E-state index is 13.5. The molecule has 3 nitrogen and oxygen atoms in total. The Bertz CT molecular complexity index is 537. The van der Waals surface area contributed by atoms with Crippen LogP contribution in [0.2, 0.25) is 10.0 Å². The number of piperidine rings is 1. The number of halogens is 3. The molecule has 116 valence electrons. The van der Waals surface area contributed by atoms with E-state index in [9.17, 15) is 14.3 Å². The first-order valence-electron chi connectivity index (χ1n) is 6.97. The van der Waals surface area contributed by atoms with Gasteiger partial charge in [-0.25, -0.2) is 4.39 Å². The molecule has 0 atom stereocenters. The second-order valence-corrected chi connectivity index (χ2v) is 6.36. The summed E-state index contributed by atoms with van der Waals surface area (Å²) in [5, 5.41) is 9.56. The molecule has 0 radical (unpaired) electrons. The van der Waals surface area contributed by atoms with Crippen LogP contribution in [0.25, 0.3) is 0 Å². The van der Waals surface area contributed by atoms with E-state index in [4.69, 9.17) is 23.2 Å². The number of hydrogen-bond acceptors (Lipinski definition) is 2. The summed E-state index contributed by atoms with van der Waals surface area (Å²) in [4.78, 5) is 14.1. The van der Waals surface area contributed by atoms with Gasteiger partial charge in [0, 0.05) is 19.7 Å². The van der Waals surface area contributed by atoms with Crippen molar-refractivity contribution in [3.63, 3.8) is 0 Å². The van der Waals surface area contributed by atoms with Crippen molar-refractivity contribution in [1.82, 2.24) is 4.90 Å². The Morgan fingerprint density at radius 2 is 1.95 bits per heavy atom. The van der Waals surface area contributed by atoms with Gasteiger partial charge >= 0.3 is 0 Å². The lowest BCUT2D eigenvalue weighted by Crippen LogP contribution is -2.44. The highest BCUT2D eigenvalue weighted by Crippen LogP contribution is 2.35. The zero-order valence-electron chi connectivity index (χ0n) is 11.8. The Balaban J connectivity index is 2.14. The third-order valence-corrected chi connectivity index (χ3v) is 5.04. The van der Waals surface area contributed by atoms with Gasteiger partial charge in [-0.05, 0) is 36.8 Å². The monoisotopic (exact) mass is 333 g/mol. The first-order valence-corrected chi connectivity index (χ1v) is 7.73. The molecule has 0 aliphatic carbocycles. The number of amides is 1. The molecule has 1 saturated heterocycles. The second kappa shape index (κ2) is 6.51. The van der Waals surface area contributed by atoms with Crippen LogP contribution in [0.3, 0.4) is 0 Å². The molecular weight excluding hydrogens is 316 g/mol. The van der Waals surface area contributed by atoms with Crippen molar-refractivity contribution >= 4 is 29.1 Å². The topological polar surface area (TPSA) is 40.5 Å². The predicted octanol–water partition coefficient (Wildman–Crippen LogP) is 3.76. The van der Waals surface area contributed by atoms with Gasteiger partial charge < -0.3 is 10.0 Å².